The Bertz CT molecular complexity index is 525. The minimum Gasteiger partial charge on any atom is -0.484 e. The molecule has 5 heteroatoms. The molecule has 0 amide bonds. The van der Waals surface area contributed by atoms with Crippen LogP contribution < -0.4 is 10.1 Å². The molecule has 1 N–H and O–H groups in total. The summed E-state index contributed by atoms with van der Waals surface area (Å²) in [6.45, 7) is 1.13. The summed E-state index contributed by atoms with van der Waals surface area (Å²) in [6.07, 6.45) is 3.64. The van der Waals surface area contributed by atoms with Crippen molar-refractivity contribution in [3.05, 3.63) is 47.0 Å². The van der Waals surface area contributed by atoms with E-state index in [1.807, 2.05) is 43.1 Å². The normalized spacial score (nSPS) is 10.6. The number of rotatable bonds is 5. The maximum absolute atomic E-state index is 6.17. The van der Waals surface area contributed by atoms with Gasteiger partial charge in [0.25, 0.3) is 0 Å². The lowest BCUT2D eigenvalue weighted by Crippen LogP contribution is -2.09. The van der Waals surface area contributed by atoms with Crippen LogP contribution in [0, 0.1) is 0 Å². The van der Waals surface area contributed by atoms with Gasteiger partial charge in [-0.25, -0.2) is 4.98 Å². The second-order valence-corrected chi connectivity index (χ2v) is 4.41. The number of aromatic nitrogens is 2. The molecule has 0 spiro atoms. The van der Waals surface area contributed by atoms with E-state index in [9.17, 15) is 0 Å². The Morgan fingerprint density at radius 2 is 2.28 bits per heavy atom. The molecule has 0 unspecified atom stereocenters. The fraction of sp³-hybridized carbons (Fsp3) is 0.308. The molecule has 1 aromatic heterocycles. The predicted molar refractivity (Wildman–Crippen MR) is 71.8 cm³/mol. The van der Waals surface area contributed by atoms with Gasteiger partial charge in [0.05, 0.1) is 5.02 Å². The van der Waals surface area contributed by atoms with Gasteiger partial charge in [-0.2, -0.15) is 0 Å². The lowest BCUT2D eigenvalue weighted by atomic mass is 10.2. The summed E-state index contributed by atoms with van der Waals surface area (Å²) in [5, 5.41) is 3.72. The molecule has 0 radical (unpaired) electrons. The first kappa shape index (κ1) is 12.9. The lowest BCUT2D eigenvalue weighted by molar-refractivity contribution is 0.288. The molecule has 0 bridgehead atoms. The van der Waals surface area contributed by atoms with Crippen molar-refractivity contribution in [2.24, 2.45) is 7.05 Å². The smallest absolute Gasteiger partial charge is 0.146 e. The molecular formula is C13H16ClN3O. The van der Waals surface area contributed by atoms with E-state index in [0.29, 0.717) is 11.6 Å². The van der Waals surface area contributed by atoms with Crippen molar-refractivity contribution in [1.82, 2.24) is 14.9 Å². The Kier molecular flexibility index (Phi) is 4.23. The van der Waals surface area contributed by atoms with E-state index < -0.39 is 0 Å². The molecule has 96 valence electrons. The third kappa shape index (κ3) is 2.83. The Labute approximate surface area is 112 Å². The van der Waals surface area contributed by atoms with E-state index in [4.69, 9.17) is 16.3 Å². The molecule has 0 aliphatic rings. The minimum atomic E-state index is 0.407. The third-order valence-electron chi connectivity index (χ3n) is 2.68. The minimum absolute atomic E-state index is 0.407. The highest BCUT2D eigenvalue weighted by atomic mass is 35.5. The molecule has 0 aliphatic carbocycles. The number of benzene rings is 1. The molecule has 1 aromatic carbocycles. The predicted octanol–water partition coefficient (Wildman–Crippen LogP) is 2.37. The second-order valence-electron chi connectivity index (χ2n) is 4.00. The monoisotopic (exact) mass is 265 g/mol. The molecule has 4 nitrogen and oxygen atoms in total. The summed E-state index contributed by atoms with van der Waals surface area (Å²) in [4.78, 5) is 4.22. The first-order valence-corrected chi connectivity index (χ1v) is 6.11. The van der Waals surface area contributed by atoms with Crippen LogP contribution in [0.25, 0.3) is 0 Å². The van der Waals surface area contributed by atoms with Crippen LogP contribution in [0.5, 0.6) is 5.75 Å². The van der Waals surface area contributed by atoms with E-state index in [2.05, 4.69) is 10.3 Å². The van der Waals surface area contributed by atoms with E-state index in [1.54, 1.807) is 6.20 Å². The van der Waals surface area contributed by atoms with Crippen molar-refractivity contribution < 1.29 is 4.74 Å². The zero-order valence-corrected chi connectivity index (χ0v) is 11.2. The van der Waals surface area contributed by atoms with E-state index in [-0.39, 0.29) is 0 Å². The maximum atomic E-state index is 6.17. The van der Waals surface area contributed by atoms with Crippen molar-refractivity contribution in [2.45, 2.75) is 13.2 Å². The van der Waals surface area contributed by atoms with Gasteiger partial charge in [0, 0.05) is 31.5 Å². The van der Waals surface area contributed by atoms with Crippen LogP contribution >= 0.6 is 11.6 Å². The molecule has 0 aliphatic heterocycles. The highest BCUT2D eigenvalue weighted by molar-refractivity contribution is 6.32. The van der Waals surface area contributed by atoms with Crippen molar-refractivity contribution in [1.29, 1.82) is 0 Å². The molecule has 18 heavy (non-hydrogen) atoms. The SMILES string of the molecule is CNCc1cccc(Cl)c1OCc1nccn1C. The maximum Gasteiger partial charge on any atom is 0.146 e. The van der Waals surface area contributed by atoms with Gasteiger partial charge in [0.15, 0.2) is 0 Å². The number of ether oxygens (including phenoxy) is 1. The van der Waals surface area contributed by atoms with Crippen LogP contribution in [0.2, 0.25) is 5.02 Å². The van der Waals surface area contributed by atoms with Gasteiger partial charge < -0.3 is 14.6 Å². The van der Waals surface area contributed by atoms with Crippen LogP contribution in [-0.4, -0.2) is 16.6 Å². The number of hydrogen-bond donors (Lipinski definition) is 1. The molecule has 2 aromatic rings. The summed E-state index contributed by atoms with van der Waals surface area (Å²) in [5.41, 5.74) is 1.04. The van der Waals surface area contributed by atoms with E-state index in [1.165, 1.54) is 0 Å². The number of aryl methyl sites for hydroxylation is 1. The van der Waals surface area contributed by atoms with Gasteiger partial charge >= 0.3 is 0 Å². The van der Waals surface area contributed by atoms with Gasteiger partial charge in [-0.3, -0.25) is 0 Å². The summed E-state index contributed by atoms with van der Waals surface area (Å²) in [5.74, 6) is 1.59. The van der Waals surface area contributed by atoms with Crippen LogP contribution in [0.1, 0.15) is 11.4 Å². The Hall–Kier alpha value is -1.52. The number of imidazole rings is 1. The average Bonchev–Trinajstić information content (AvgIpc) is 2.75. The van der Waals surface area contributed by atoms with Crippen molar-refractivity contribution in [3.8, 4) is 5.75 Å². The number of halogens is 1. The van der Waals surface area contributed by atoms with Gasteiger partial charge in [0.1, 0.15) is 18.2 Å². The molecular weight excluding hydrogens is 250 g/mol. The van der Waals surface area contributed by atoms with Crippen LogP contribution in [0.15, 0.2) is 30.6 Å². The second kappa shape index (κ2) is 5.89. The fourth-order valence-electron chi connectivity index (χ4n) is 1.72. The first-order valence-electron chi connectivity index (χ1n) is 5.73. The zero-order chi connectivity index (χ0) is 13.0. The Morgan fingerprint density at radius 1 is 1.44 bits per heavy atom. The molecule has 1 heterocycles. The average molecular weight is 266 g/mol. The van der Waals surface area contributed by atoms with Crippen molar-refractivity contribution in [3.63, 3.8) is 0 Å². The molecule has 0 saturated heterocycles. The van der Waals surface area contributed by atoms with Gasteiger partial charge in [-0.1, -0.05) is 23.7 Å². The lowest BCUT2D eigenvalue weighted by Gasteiger charge is -2.12. The van der Waals surface area contributed by atoms with Crippen LogP contribution in [0.4, 0.5) is 0 Å². The highest BCUT2D eigenvalue weighted by Gasteiger charge is 2.09. The number of nitrogens with one attached hydrogen (secondary N) is 1. The van der Waals surface area contributed by atoms with Crippen LogP contribution in [-0.2, 0) is 20.2 Å². The van der Waals surface area contributed by atoms with Gasteiger partial charge in [-0.05, 0) is 13.1 Å². The number of hydrogen-bond acceptors (Lipinski definition) is 3. The largest absolute Gasteiger partial charge is 0.484 e. The summed E-state index contributed by atoms with van der Waals surface area (Å²) >= 11 is 6.17. The van der Waals surface area contributed by atoms with Crippen molar-refractivity contribution in [2.75, 3.05) is 7.05 Å². The summed E-state index contributed by atoms with van der Waals surface area (Å²) < 4.78 is 7.72. The summed E-state index contributed by atoms with van der Waals surface area (Å²) in [7, 11) is 3.83. The molecule has 0 atom stereocenters. The zero-order valence-electron chi connectivity index (χ0n) is 10.5. The number of para-hydroxylation sites is 1. The Morgan fingerprint density at radius 3 is 2.94 bits per heavy atom. The molecule has 2 rings (SSSR count). The van der Waals surface area contributed by atoms with E-state index in [0.717, 1.165) is 23.7 Å². The standard InChI is InChI=1S/C13H16ClN3O/c1-15-8-10-4-3-5-11(14)13(10)18-9-12-16-6-7-17(12)2/h3-7,15H,8-9H2,1-2H3. The topological polar surface area (TPSA) is 39.1 Å². The number of nitrogens with zero attached hydrogens (tertiary/aromatic N) is 2. The quantitative estimate of drug-likeness (QED) is 0.902. The van der Waals surface area contributed by atoms with E-state index >= 15 is 0 Å². The molecule has 0 fully saturated rings. The first-order chi connectivity index (χ1) is 8.72. The Balaban J connectivity index is 2.15. The van der Waals surface area contributed by atoms with Gasteiger partial charge in [-0.15, -0.1) is 0 Å². The fourth-order valence-corrected chi connectivity index (χ4v) is 1.97. The van der Waals surface area contributed by atoms with Crippen molar-refractivity contribution >= 4 is 11.6 Å². The van der Waals surface area contributed by atoms with Gasteiger partial charge in [0.2, 0.25) is 0 Å². The van der Waals surface area contributed by atoms with Crippen LogP contribution in [0.3, 0.4) is 0 Å². The summed E-state index contributed by atoms with van der Waals surface area (Å²) in [6, 6.07) is 5.74. The third-order valence-corrected chi connectivity index (χ3v) is 2.98. The highest BCUT2D eigenvalue weighted by Crippen LogP contribution is 2.29. The molecule has 0 saturated carbocycles.